The minimum absolute atomic E-state index is 0.0639. The van der Waals surface area contributed by atoms with Crippen molar-refractivity contribution in [3.63, 3.8) is 0 Å². The SMILES string of the molecule is CCCc1cc(C(=O)N2C[C@H](OC)[C@]3(CCCO3)C2)no1. The minimum atomic E-state index is -0.333. The summed E-state index contributed by atoms with van der Waals surface area (Å²) in [6, 6.07) is 1.74. The van der Waals surface area contributed by atoms with Crippen LogP contribution >= 0.6 is 0 Å². The molecule has 6 nitrogen and oxygen atoms in total. The van der Waals surface area contributed by atoms with Crippen LogP contribution in [0.3, 0.4) is 0 Å². The van der Waals surface area contributed by atoms with Crippen molar-refractivity contribution >= 4 is 5.91 Å². The second kappa shape index (κ2) is 5.77. The number of methoxy groups -OCH3 is 1. The van der Waals surface area contributed by atoms with Crippen LogP contribution in [0.5, 0.6) is 0 Å². The summed E-state index contributed by atoms with van der Waals surface area (Å²) in [4.78, 5) is 14.3. The summed E-state index contributed by atoms with van der Waals surface area (Å²) in [5.41, 5.74) is 0.0452. The predicted molar refractivity (Wildman–Crippen MR) is 75.1 cm³/mol. The quantitative estimate of drug-likeness (QED) is 0.845. The van der Waals surface area contributed by atoms with Crippen molar-refractivity contribution in [3.05, 3.63) is 17.5 Å². The molecule has 2 aliphatic heterocycles. The number of hydrogen-bond donors (Lipinski definition) is 0. The number of nitrogens with zero attached hydrogens (tertiary/aromatic N) is 2. The van der Waals surface area contributed by atoms with Crippen LogP contribution in [0.15, 0.2) is 10.6 Å². The molecule has 21 heavy (non-hydrogen) atoms. The lowest BCUT2D eigenvalue weighted by Gasteiger charge is -2.27. The zero-order chi connectivity index (χ0) is 14.9. The molecule has 1 aromatic rings. The van der Waals surface area contributed by atoms with Crippen LogP contribution in [0, 0.1) is 0 Å². The molecule has 6 heteroatoms. The summed E-state index contributed by atoms with van der Waals surface area (Å²) in [7, 11) is 1.68. The van der Waals surface area contributed by atoms with Gasteiger partial charge >= 0.3 is 0 Å². The van der Waals surface area contributed by atoms with E-state index in [-0.39, 0.29) is 17.6 Å². The Morgan fingerprint density at radius 3 is 3.14 bits per heavy atom. The zero-order valence-electron chi connectivity index (χ0n) is 12.6. The number of amides is 1. The highest BCUT2D eigenvalue weighted by molar-refractivity contribution is 5.92. The maximum atomic E-state index is 12.6. The second-order valence-corrected chi connectivity index (χ2v) is 5.86. The van der Waals surface area contributed by atoms with Gasteiger partial charge in [0.05, 0.1) is 13.1 Å². The lowest BCUT2D eigenvalue weighted by Crippen LogP contribution is -2.42. The van der Waals surface area contributed by atoms with Gasteiger partial charge in [-0.25, -0.2) is 0 Å². The fraction of sp³-hybridized carbons (Fsp3) is 0.733. The van der Waals surface area contributed by atoms with E-state index in [1.165, 1.54) is 0 Å². The topological polar surface area (TPSA) is 64.8 Å². The van der Waals surface area contributed by atoms with Crippen molar-refractivity contribution in [1.29, 1.82) is 0 Å². The van der Waals surface area contributed by atoms with Gasteiger partial charge in [0.2, 0.25) is 0 Å². The lowest BCUT2D eigenvalue weighted by atomic mass is 9.96. The Morgan fingerprint density at radius 1 is 1.62 bits per heavy atom. The fourth-order valence-electron chi connectivity index (χ4n) is 3.34. The molecule has 3 rings (SSSR count). The normalized spacial score (nSPS) is 28.7. The number of carbonyl (C=O) groups excluding carboxylic acids is 1. The highest BCUT2D eigenvalue weighted by Crippen LogP contribution is 2.37. The average Bonchev–Trinajstić information content (AvgIpc) is 3.20. The Bertz CT molecular complexity index is 508. The van der Waals surface area contributed by atoms with Gasteiger partial charge in [-0.15, -0.1) is 0 Å². The van der Waals surface area contributed by atoms with E-state index >= 15 is 0 Å². The maximum absolute atomic E-state index is 12.6. The Morgan fingerprint density at radius 2 is 2.48 bits per heavy atom. The first-order valence-electron chi connectivity index (χ1n) is 7.60. The van der Waals surface area contributed by atoms with Crippen molar-refractivity contribution < 1.29 is 18.8 Å². The molecule has 0 saturated carbocycles. The van der Waals surface area contributed by atoms with Gasteiger partial charge in [-0.05, 0) is 19.3 Å². The van der Waals surface area contributed by atoms with E-state index in [1.807, 2.05) is 0 Å². The van der Waals surface area contributed by atoms with E-state index in [9.17, 15) is 4.79 Å². The Kier molecular flexibility index (Phi) is 3.99. The van der Waals surface area contributed by atoms with Gasteiger partial charge in [0.1, 0.15) is 17.5 Å². The van der Waals surface area contributed by atoms with Crippen LogP contribution in [0.4, 0.5) is 0 Å². The number of hydrogen-bond acceptors (Lipinski definition) is 5. The number of rotatable bonds is 4. The molecule has 1 aromatic heterocycles. The van der Waals surface area contributed by atoms with Gasteiger partial charge in [-0.2, -0.15) is 0 Å². The zero-order valence-corrected chi connectivity index (χ0v) is 12.6. The van der Waals surface area contributed by atoms with Gasteiger partial charge in [-0.3, -0.25) is 4.79 Å². The first kappa shape index (κ1) is 14.5. The number of likely N-dealkylation sites (tertiary alicyclic amines) is 1. The molecular formula is C15H22N2O4. The molecule has 2 saturated heterocycles. The van der Waals surface area contributed by atoms with E-state index < -0.39 is 0 Å². The molecule has 0 aliphatic carbocycles. The van der Waals surface area contributed by atoms with Crippen LogP contribution in [-0.2, 0) is 15.9 Å². The van der Waals surface area contributed by atoms with Crippen LogP contribution in [0.1, 0.15) is 42.4 Å². The summed E-state index contributed by atoms with van der Waals surface area (Å²) in [5.74, 6) is 0.658. The van der Waals surface area contributed by atoms with Crippen LogP contribution in [0.25, 0.3) is 0 Å². The summed E-state index contributed by atoms with van der Waals surface area (Å²) in [6.45, 7) is 3.92. The standard InChI is InChI=1S/C15H22N2O4/c1-3-5-11-8-12(16-21-11)14(18)17-9-13(19-2)15(10-17)6-4-7-20-15/h8,13H,3-7,9-10H2,1-2H3/t13-,15-/m0/s1. The first-order valence-corrected chi connectivity index (χ1v) is 7.60. The van der Waals surface area contributed by atoms with Crippen molar-refractivity contribution in [3.8, 4) is 0 Å². The highest BCUT2D eigenvalue weighted by Gasteiger charge is 2.51. The van der Waals surface area contributed by atoms with Crippen molar-refractivity contribution in [2.45, 2.75) is 44.3 Å². The number of carbonyl (C=O) groups is 1. The van der Waals surface area contributed by atoms with Crippen LogP contribution in [0.2, 0.25) is 0 Å². The molecular weight excluding hydrogens is 272 g/mol. The van der Waals surface area contributed by atoms with Gasteiger partial charge < -0.3 is 18.9 Å². The molecule has 1 amide bonds. The van der Waals surface area contributed by atoms with Crippen molar-refractivity contribution in [1.82, 2.24) is 10.1 Å². The third kappa shape index (κ3) is 2.58. The Hall–Kier alpha value is -1.40. The molecule has 2 aliphatic rings. The smallest absolute Gasteiger partial charge is 0.276 e. The van der Waals surface area contributed by atoms with Gasteiger partial charge in [-0.1, -0.05) is 12.1 Å². The van der Waals surface area contributed by atoms with Gasteiger partial charge in [0.25, 0.3) is 5.91 Å². The molecule has 2 fully saturated rings. The molecule has 0 bridgehead atoms. The average molecular weight is 294 g/mol. The van der Waals surface area contributed by atoms with Gasteiger partial charge in [0.15, 0.2) is 5.69 Å². The third-order valence-corrected chi connectivity index (χ3v) is 4.41. The summed E-state index contributed by atoms with van der Waals surface area (Å²) >= 11 is 0. The number of ether oxygens (including phenoxy) is 2. The van der Waals surface area contributed by atoms with Gasteiger partial charge in [0, 0.05) is 26.2 Å². The second-order valence-electron chi connectivity index (χ2n) is 5.86. The van der Waals surface area contributed by atoms with E-state index in [2.05, 4.69) is 12.1 Å². The highest BCUT2D eigenvalue weighted by atomic mass is 16.6. The van der Waals surface area contributed by atoms with Crippen molar-refractivity contribution in [2.24, 2.45) is 0 Å². The molecule has 0 aromatic carbocycles. The monoisotopic (exact) mass is 294 g/mol. The largest absolute Gasteiger partial charge is 0.377 e. The molecule has 2 atom stereocenters. The predicted octanol–water partition coefficient (Wildman–Crippen LogP) is 1.65. The minimum Gasteiger partial charge on any atom is -0.377 e. The third-order valence-electron chi connectivity index (χ3n) is 4.41. The molecule has 0 N–H and O–H groups in total. The number of aryl methyl sites for hydroxylation is 1. The van der Waals surface area contributed by atoms with E-state index in [1.54, 1.807) is 18.1 Å². The molecule has 116 valence electrons. The van der Waals surface area contributed by atoms with E-state index in [0.717, 1.165) is 38.1 Å². The maximum Gasteiger partial charge on any atom is 0.276 e. The van der Waals surface area contributed by atoms with E-state index in [4.69, 9.17) is 14.0 Å². The molecule has 1 spiro atoms. The molecule has 3 heterocycles. The fourth-order valence-corrected chi connectivity index (χ4v) is 3.34. The molecule has 0 unspecified atom stereocenters. The Balaban J connectivity index is 1.73. The van der Waals surface area contributed by atoms with Crippen LogP contribution < -0.4 is 0 Å². The molecule has 0 radical (unpaired) electrons. The Labute approximate surface area is 124 Å². The summed E-state index contributed by atoms with van der Waals surface area (Å²) in [5, 5.41) is 3.90. The first-order chi connectivity index (χ1) is 10.2. The summed E-state index contributed by atoms with van der Waals surface area (Å²) in [6.07, 6.45) is 3.66. The van der Waals surface area contributed by atoms with Crippen molar-refractivity contribution in [2.75, 3.05) is 26.8 Å². The number of aromatic nitrogens is 1. The lowest BCUT2D eigenvalue weighted by molar-refractivity contribution is -0.0755. The van der Waals surface area contributed by atoms with Crippen LogP contribution in [-0.4, -0.2) is 54.5 Å². The summed E-state index contributed by atoms with van der Waals surface area (Å²) < 4.78 is 16.6. The van der Waals surface area contributed by atoms with E-state index in [0.29, 0.717) is 18.8 Å².